The maximum atomic E-state index is 12.3. The van der Waals surface area contributed by atoms with Gasteiger partial charge in [-0.25, -0.2) is 4.98 Å². The van der Waals surface area contributed by atoms with Crippen LogP contribution in [-0.2, 0) is 6.42 Å². The first kappa shape index (κ1) is 16.6. The summed E-state index contributed by atoms with van der Waals surface area (Å²) in [6.45, 7) is 4.69. The van der Waals surface area contributed by atoms with Crippen LogP contribution in [0.15, 0.2) is 47.6 Å². The van der Waals surface area contributed by atoms with Crippen molar-refractivity contribution in [2.75, 3.05) is 12.4 Å². The van der Waals surface area contributed by atoms with Crippen LogP contribution in [0, 0.1) is 0 Å². The Morgan fingerprint density at radius 2 is 1.96 bits per heavy atom. The SMILES string of the molecule is CCOc1ccc2nc(SCC(=O)c3ccc(CC)cc3)[nH]c2c1. The zero-order valence-electron chi connectivity index (χ0n) is 13.8. The molecule has 0 saturated heterocycles. The van der Waals surface area contributed by atoms with Crippen LogP contribution in [0.5, 0.6) is 5.75 Å². The number of aromatic nitrogens is 2. The molecule has 0 fully saturated rings. The van der Waals surface area contributed by atoms with Crippen molar-refractivity contribution in [3.63, 3.8) is 0 Å². The maximum absolute atomic E-state index is 12.3. The van der Waals surface area contributed by atoms with Crippen LogP contribution in [0.25, 0.3) is 11.0 Å². The number of aryl methyl sites for hydroxylation is 1. The minimum atomic E-state index is 0.109. The van der Waals surface area contributed by atoms with Crippen molar-refractivity contribution in [1.29, 1.82) is 0 Å². The first-order chi connectivity index (χ1) is 11.7. The third-order valence-corrected chi connectivity index (χ3v) is 4.64. The van der Waals surface area contributed by atoms with E-state index in [-0.39, 0.29) is 5.78 Å². The fourth-order valence-corrected chi connectivity index (χ4v) is 3.21. The van der Waals surface area contributed by atoms with Gasteiger partial charge in [0.1, 0.15) is 5.75 Å². The Labute approximate surface area is 145 Å². The summed E-state index contributed by atoms with van der Waals surface area (Å²) in [6.07, 6.45) is 0.978. The summed E-state index contributed by atoms with van der Waals surface area (Å²) >= 11 is 1.42. The Morgan fingerprint density at radius 1 is 1.17 bits per heavy atom. The molecule has 0 atom stereocenters. The number of ketones is 1. The number of benzene rings is 2. The van der Waals surface area contributed by atoms with Gasteiger partial charge in [-0.15, -0.1) is 0 Å². The number of nitrogens with one attached hydrogen (secondary N) is 1. The molecule has 0 aliphatic carbocycles. The van der Waals surface area contributed by atoms with Crippen LogP contribution in [0.2, 0.25) is 0 Å². The van der Waals surface area contributed by atoms with Crippen LogP contribution in [-0.4, -0.2) is 28.1 Å². The lowest BCUT2D eigenvalue weighted by atomic mass is 10.1. The average molecular weight is 340 g/mol. The predicted octanol–water partition coefficient (Wildman–Crippen LogP) is 4.50. The van der Waals surface area contributed by atoms with Gasteiger partial charge in [0.15, 0.2) is 10.9 Å². The Hall–Kier alpha value is -2.27. The maximum Gasteiger partial charge on any atom is 0.173 e. The molecule has 0 amide bonds. The number of rotatable bonds is 7. The Balaban J connectivity index is 1.67. The molecule has 1 aromatic heterocycles. The normalized spacial score (nSPS) is 10.9. The van der Waals surface area contributed by atoms with E-state index in [0.717, 1.165) is 33.9 Å². The van der Waals surface area contributed by atoms with Crippen LogP contribution in [0.3, 0.4) is 0 Å². The topological polar surface area (TPSA) is 55.0 Å². The molecule has 0 bridgehead atoms. The molecule has 2 aromatic carbocycles. The van der Waals surface area contributed by atoms with E-state index in [2.05, 4.69) is 16.9 Å². The number of hydrogen-bond acceptors (Lipinski definition) is 4. The highest BCUT2D eigenvalue weighted by Gasteiger charge is 2.10. The van der Waals surface area contributed by atoms with Gasteiger partial charge in [-0.05, 0) is 31.0 Å². The van der Waals surface area contributed by atoms with Gasteiger partial charge in [0, 0.05) is 11.6 Å². The quantitative estimate of drug-likeness (QED) is 0.508. The van der Waals surface area contributed by atoms with Crippen LogP contribution in [0.1, 0.15) is 29.8 Å². The molecule has 0 unspecified atom stereocenters. The minimum absolute atomic E-state index is 0.109. The number of Topliss-reactive ketones (excluding diaryl/α,β-unsaturated/α-hetero) is 1. The molecule has 3 aromatic rings. The van der Waals surface area contributed by atoms with Crippen molar-refractivity contribution in [1.82, 2.24) is 9.97 Å². The van der Waals surface area contributed by atoms with Crippen molar-refractivity contribution in [2.24, 2.45) is 0 Å². The van der Waals surface area contributed by atoms with Crippen LogP contribution >= 0.6 is 11.8 Å². The smallest absolute Gasteiger partial charge is 0.173 e. The van der Waals surface area contributed by atoms with E-state index < -0.39 is 0 Å². The minimum Gasteiger partial charge on any atom is -0.494 e. The van der Waals surface area contributed by atoms with E-state index in [1.54, 1.807) is 0 Å². The molecule has 3 rings (SSSR count). The zero-order valence-corrected chi connectivity index (χ0v) is 14.7. The number of ether oxygens (including phenoxy) is 1. The summed E-state index contributed by atoms with van der Waals surface area (Å²) in [4.78, 5) is 20.0. The van der Waals surface area contributed by atoms with E-state index in [4.69, 9.17) is 4.74 Å². The van der Waals surface area contributed by atoms with Gasteiger partial charge in [0.25, 0.3) is 0 Å². The number of aromatic amines is 1. The van der Waals surface area contributed by atoms with Gasteiger partial charge in [0.2, 0.25) is 0 Å². The number of H-pyrrole nitrogens is 1. The predicted molar refractivity (Wildman–Crippen MR) is 98.1 cm³/mol. The van der Waals surface area contributed by atoms with Crippen molar-refractivity contribution in [3.05, 3.63) is 53.6 Å². The second-order valence-corrected chi connectivity index (χ2v) is 6.38. The fraction of sp³-hybridized carbons (Fsp3) is 0.263. The number of carbonyl (C=O) groups is 1. The summed E-state index contributed by atoms with van der Waals surface area (Å²) in [6, 6.07) is 13.6. The van der Waals surface area contributed by atoms with Gasteiger partial charge < -0.3 is 9.72 Å². The fourth-order valence-electron chi connectivity index (χ4n) is 2.43. The summed E-state index contributed by atoms with van der Waals surface area (Å²) in [5.41, 5.74) is 3.78. The van der Waals surface area contributed by atoms with E-state index in [1.807, 2.05) is 49.4 Å². The second kappa shape index (κ2) is 7.53. The molecule has 1 heterocycles. The van der Waals surface area contributed by atoms with Crippen molar-refractivity contribution < 1.29 is 9.53 Å². The summed E-state index contributed by atoms with van der Waals surface area (Å²) in [5, 5.41) is 0.747. The molecule has 0 aliphatic rings. The number of nitrogens with zero attached hydrogens (tertiary/aromatic N) is 1. The lowest BCUT2D eigenvalue weighted by Gasteiger charge is -2.01. The van der Waals surface area contributed by atoms with Gasteiger partial charge in [-0.2, -0.15) is 0 Å². The molecule has 0 radical (unpaired) electrons. The number of carbonyl (C=O) groups excluding carboxylic acids is 1. The van der Waals surface area contributed by atoms with E-state index in [1.165, 1.54) is 17.3 Å². The molecule has 5 heteroatoms. The molecule has 0 aliphatic heterocycles. The highest BCUT2D eigenvalue weighted by atomic mass is 32.2. The first-order valence-electron chi connectivity index (χ1n) is 8.07. The molecule has 124 valence electrons. The molecule has 1 N–H and O–H groups in total. The van der Waals surface area contributed by atoms with Crippen molar-refractivity contribution in [3.8, 4) is 5.75 Å². The molecule has 0 saturated carbocycles. The summed E-state index contributed by atoms with van der Waals surface area (Å²) in [7, 11) is 0. The van der Waals surface area contributed by atoms with E-state index in [0.29, 0.717) is 12.4 Å². The monoisotopic (exact) mass is 340 g/mol. The van der Waals surface area contributed by atoms with Crippen LogP contribution in [0.4, 0.5) is 0 Å². The third kappa shape index (κ3) is 3.79. The Kier molecular flexibility index (Phi) is 5.20. The standard InChI is InChI=1S/C19H20N2O2S/c1-3-13-5-7-14(8-6-13)18(22)12-24-19-20-16-10-9-15(23-4-2)11-17(16)21-19/h5-11H,3-4,12H2,1-2H3,(H,20,21). The van der Waals surface area contributed by atoms with Crippen molar-refractivity contribution >= 4 is 28.6 Å². The molecule has 0 spiro atoms. The Morgan fingerprint density at radius 3 is 2.67 bits per heavy atom. The van der Waals surface area contributed by atoms with Crippen LogP contribution < -0.4 is 4.74 Å². The van der Waals surface area contributed by atoms with Gasteiger partial charge in [-0.3, -0.25) is 4.79 Å². The van der Waals surface area contributed by atoms with Gasteiger partial charge >= 0.3 is 0 Å². The van der Waals surface area contributed by atoms with Gasteiger partial charge in [0.05, 0.1) is 23.4 Å². The highest BCUT2D eigenvalue weighted by molar-refractivity contribution is 7.99. The number of imidazole rings is 1. The lowest BCUT2D eigenvalue weighted by Crippen LogP contribution is -2.02. The highest BCUT2D eigenvalue weighted by Crippen LogP contribution is 2.24. The number of thioether (sulfide) groups is 1. The van der Waals surface area contributed by atoms with E-state index >= 15 is 0 Å². The second-order valence-electron chi connectivity index (χ2n) is 5.42. The summed E-state index contributed by atoms with van der Waals surface area (Å²) in [5.74, 6) is 1.29. The lowest BCUT2D eigenvalue weighted by molar-refractivity contribution is 0.102. The van der Waals surface area contributed by atoms with Gasteiger partial charge in [-0.1, -0.05) is 43.0 Å². The molecular weight excluding hydrogens is 320 g/mol. The average Bonchev–Trinajstić information content (AvgIpc) is 3.02. The summed E-state index contributed by atoms with van der Waals surface area (Å²) < 4.78 is 5.49. The number of hydrogen-bond donors (Lipinski definition) is 1. The Bertz CT molecular complexity index is 840. The molecule has 24 heavy (non-hydrogen) atoms. The zero-order chi connectivity index (χ0) is 16.9. The first-order valence-corrected chi connectivity index (χ1v) is 9.05. The molecular formula is C19H20N2O2S. The molecule has 4 nitrogen and oxygen atoms in total. The van der Waals surface area contributed by atoms with Crippen molar-refractivity contribution in [2.45, 2.75) is 25.4 Å². The van der Waals surface area contributed by atoms with E-state index in [9.17, 15) is 4.79 Å². The largest absolute Gasteiger partial charge is 0.494 e. The number of fused-ring (bicyclic) bond motifs is 1. The third-order valence-electron chi connectivity index (χ3n) is 3.77.